The fraction of sp³-hybridized carbons (Fsp3) is 0.583. The Morgan fingerprint density at radius 2 is 2.20 bits per heavy atom. The van der Waals surface area contributed by atoms with Crippen LogP contribution in [0.1, 0.15) is 12.8 Å². The fourth-order valence-corrected chi connectivity index (χ4v) is 1.70. The Bertz CT molecular complexity index is 393. The van der Waals surface area contributed by atoms with Crippen molar-refractivity contribution in [2.45, 2.75) is 18.9 Å². The molecule has 4 N–H and O–H groups in total. The van der Waals surface area contributed by atoms with Gasteiger partial charge >= 0.3 is 5.97 Å². The van der Waals surface area contributed by atoms with Gasteiger partial charge in [0.15, 0.2) is 0 Å². The number of nitrogens with zero attached hydrogens (tertiary/aromatic N) is 1. The third kappa shape index (κ3) is 7.66. The largest absolute Gasteiger partial charge is 0.480 e. The van der Waals surface area contributed by atoms with E-state index in [0.29, 0.717) is 25.1 Å². The number of aliphatic carboxylic acids is 1. The molecule has 8 heteroatoms. The Balaban J connectivity index is 4.51. The maximum absolute atomic E-state index is 11.8. The average molecular weight is 301 g/mol. The fourth-order valence-electron chi connectivity index (χ4n) is 1.23. The van der Waals surface area contributed by atoms with Crippen LogP contribution in [0.2, 0.25) is 0 Å². The molecule has 0 fully saturated rings. The summed E-state index contributed by atoms with van der Waals surface area (Å²) < 4.78 is 0. The van der Waals surface area contributed by atoms with Crippen LogP contribution in [0.3, 0.4) is 0 Å². The van der Waals surface area contributed by atoms with Crippen LogP contribution >= 0.6 is 11.8 Å². The first kappa shape index (κ1) is 18.3. The number of amides is 1. The van der Waals surface area contributed by atoms with Gasteiger partial charge in [-0.25, -0.2) is 4.79 Å². The number of nitriles is 1. The van der Waals surface area contributed by atoms with Crippen molar-refractivity contribution >= 4 is 23.6 Å². The van der Waals surface area contributed by atoms with Crippen molar-refractivity contribution in [1.82, 2.24) is 10.6 Å². The monoisotopic (exact) mass is 301 g/mol. The molecule has 0 aromatic heterocycles. The van der Waals surface area contributed by atoms with Gasteiger partial charge < -0.3 is 20.8 Å². The Hall–Kier alpha value is -1.72. The zero-order chi connectivity index (χ0) is 15.4. The van der Waals surface area contributed by atoms with E-state index in [0.717, 1.165) is 0 Å². The number of carboxylic acid groups (broad SMARTS) is 1. The highest BCUT2D eigenvalue weighted by molar-refractivity contribution is 7.98. The van der Waals surface area contributed by atoms with Gasteiger partial charge in [-0.2, -0.15) is 17.0 Å². The summed E-state index contributed by atoms with van der Waals surface area (Å²) in [5, 5.41) is 31.4. The van der Waals surface area contributed by atoms with E-state index < -0.39 is 17.9 Å². The van der Waals surface area contributed by atoms with Crippen molar-refractivity contribution in [1.29, 1.82) is 5.26 Å². The molecule has 0 spiro atoms. The van der Waals surface area contributed by atoms with Gasteiger partial charge in [0, 0.05) is 19.4 Å². The molecule has 0 aromatic carbocycles. The highest BCUT2D eigenvalue weighted by atomic mass is 32.2. The van der Waals surface area contributed by atoms with Gasteiger partial charge in [0.2, 0.25) is 0 Å². The van der Waals surface area contributed by atoms with E-state index in [9.17, 15) is 9.59 Å². The van der Waals surface area contributed by atoms with Gasteiger partial charge in [0.1, 0.15) is 17.7 Å². The molecule has 1 atom stereocenters. The number of nitrogens with one attached hydrogen (secondary N) is 2. The van der Waals surface area contributed by atoms with E-state index in [-0.39, 0.29) is 12.2 Å². The first-order valence-electron chi connectivity index (χ1n) is 6.04. The minimum absolute atomic E-state index is 0.00466. The van der Waals surface area contributed by atoms with Crippen molar-refractivity contribution in [3.05, 3.63) is 11.8 Å². The number of aliphatic hydroxyl groups is 1. The SMILES string of the molecule is CSCCC(NC(=O)/C(C#N)=C\NCCCO)C(=O)O. The number of hydrogen-bond acceptors (Lipinski definition) is 6. The van der Waals surface area contributed by atoms with Gasteiger partial charge in [-0.15, -0.1) is 0 Å². The van der Waals surface area contributed by atoms with Gasteiger partial charge in [-0.1, -0.05) is 0 Å². The molecule has 0 radical (unpaired) electrons. The van der Waals surface area contributed by atoms with E-state index in [1.54, 1.807) is 6.07 Å². The first-order valence-corrected chi connectivity index (χ1v) is 7.43. The van der Waals surface area contributed by atoms with Crippen LogP contribution in [0, 0.1) is 11.3 Å². The third-order valence-corrected chi connectivity index (χ3v) is 2.95. The number of carboxylic acids is 1. The van der Waals surface area contributed by atoms with E-state index in [2.05, 4.69) is 10.6 Å². The van der Waals surface area contributed by atoms with Gasteiger partial charge in [0.25, 0.3) is 5.91 Å². The molecular weight excluding hydrogens is 282 g/mol. The zero-order valence-corrected chi connectivity index (χ0v) is 12.1. The molecule has 0 bridgehead atoms. The molecule has 112 valence electrons. The maximum Gasteiger partial charge on any atom is 0.326 e. The predicted molar refractivity (Wildman–Crippen MR) is 76.0 cm³/mol. The molecule has 0 heterocycles. The Labute approximate surface area is 122 Å². The van der Waals surface area contributed by atoms with Crippen LogP contribution in [0.5, 0.6) is 0 Å². The molecule has 0 aliphatic rings. The Kier molecular flexibility index (Phi) is 10.2. The minimum atomic E-state index is -1.13. The second kappa shape index (κ2) is 11.1. The number of thioether (sulfide) groups is 1. The Morgan fingerprint density at radius 1 is 1.50 bits per heavy atom. The topological polar surface area (TPSA) is 122 Å². The molecule has 7 nitrogen and oxygen atoms in total. The van der Waals surface area contributed by atoms with Crippen LogP contribution in [-0.4, -0.2) is 53.3 Å². The summed E-state index contributed by atoms with van der Waals surface area (Å²) in [7, 11) is 0. The molecule has 0 aliphatic carbocycles. The number of rotatable bonds is 10. The molecule has 20 heavy (non-hydrogen) atoms. The van der Waals surface area contributed by atoms with Crippen LogP contribution in [0.4, 0.5) is 0 Å². The van der Waals surface area contributed by atoms with Crippen LogP contribution in [0.15, 0.2) is 11.8 Å². The zero-order valence-electron chi connectivity index (χ0n) is 11.3. The minimum Gasteiger partial charge on any atom is -0.480 e. The molecule has 1 amide bonds. The number of carbonyl (C=O) groups excluding carboxylic acids is 1. The van der Waals surface area contributed by atoms with Crippen molar-refractivity contribution in [2.75, 3.05) is 25.2 Å². The lowest BCUT2D eigenvalue weighted by atomic mass is 10.2. The molecule has 1 unspecified atom stereocenters. The van der Waals surface area contributed by atoms with Crippen LogP contribution in [0.25, 0.3) is 0 Å². The molecular formula is C12H19N3O4S. The highest BCUT2D eigenvalue weighted by Crippen LogP contribution is 2.02. The summed E-state index contributed by atoms with van der Waals surface area (Å²) in [4.78, 5) is 22.7. The van der Waals surface area contributed by atoms with Gasteiger partial charge in [-0.05, 0) is 24.9 Å². The number of hydrogen-bond donors (Lipinski definition) is 4. The quantitative estimate of drug-likeness (QED) is 0.248. The second-order valence-corrected chi connectivity index (χ2v) is 4.83. The summed E-state index contributed by atoms with van der Waals surface area (Å²) in [6, 6.07) is 0.695. The van der Waals surface area contributed by atoms with Crippen LogP contribution in [-0.2, 0) is 9.59 Å². The van der Waals surface area contributed by atoms with Crippen molar-refractivity contribution in [2.24, 2.45) is 0 Å². The smallest absolute Gasteiger partial charge is 0.326 e. The molecule has 0 saturated carbocycles. The normalized spacial score (nSPS) is 12.3. The van der Waals surface area contributed by atoms with Crippen molar-refractivity contribution in [3.63, 3.8) is 0 Å². The summed E-state index contributed by atoms with van der Waals surface area (Å²) in [5.41, 5.74) is -0.196. The van der Waals surface area contributed by atoms with E-state index in [1.807, 2.05) is 6.26 Å². The van der Waals surface area contributed by atoms with E-state index in [1.165, 1.54) is 18.0 Å². The van der Waals surface area contributed by atoms with Crippen LogP contribution < -0.4 is 10.6 Å². The predicted octanol–water partition coefficient (Wildman–Crippen LogP) is -0.312. The summed E-state index contributed by atoms with van der Waals surface area (Å²) in [6.07, 6.45) is 3.84. The van der Waals surface area contributed by atoms with Gasteiger partial charge in [0.05, 0.1) is 0 Å². The third-order valence-electron chi connectivity index (χ3n) is 2.30. The summed E-state index contributed by atoms with van der Waals surface area (Å²) >= 11 is 1.48. The molecule has 0 saturated heterocycles. The first-order chi connectivity index (χ1) is 9.56. The summed E-state index contributed by atoms with van der Waals surface area (Å²) in [6.45, 7) is 0.425. The standard InChI is InChI=1S/C12H19N3O4S/c1-20-6-3-10(12(18)19)15-11(17)9(7-13)8-14-4-2-5-16/h8,10,14,16H,2-6H2,1H3,(H,15,17)(H,18,19)/b9-8-. The molecule has 0 aromatic rings. The maximum atomic E-state index is 11.8. The number of aliphatic hydroxyl groups excluding tert-OH is 1. The van der Waals surface area contributed by atoms with Crippen molar-refractivity contribution in [3.8, 4) is 6.07 Å². The molecule has 0 aliphatic heterocycles. The van der Waals surface area contributed by atoms with Crippen molar-refractivity contribution < 1.29 is 19.8 Å². The second-order valence-electron chi connectivity index (χ2n) is 3.85. The average Bonchev–Trinajstić information content (AvgIpc) is 2.43. The number of carbonyl (C=O) groups is 2. The highest BCUT2D eigenvalue weighted by Gasteiger charge is 2.21. The van der Waals surface area contributed by atoms with E-state index in [4.69, 9.17) is 15.5 Å². The summed E-state index contributed by atoms with van der Waals surface area (Å²) in [5.74, 6) is -1.26. The molecule has 0 rings (SSSR count). The van der Waals surface area contributed by atoms with Gasteiger partial charge in [-0.3, -0.25) is 4.79 Å². The Morgan fingerprint density at radius 3 is 2.70 bits per heavy atom. The van der Waals surface area contributed by atoms with E-state index >= 15 is 0 Å². The lowest BCUT2D eigenvalue weighted by Crippen LogP contribution is -2.41. The lowest BCUT2D eigenvalue weighted by molar-refractivity contribution is -0.141. The lowest BCUT2D eigenvalue weighted by Gasteiger charge is -2.13.